The highest BCUT2D eigenvalue weighted by atomic mass is 35.5. The van der Waals surface area contributed by atoms with Crippen molar-refractivity contribution in [3.63, 3.8) is 0 Å². The summed E-state index contributed by atoms with van der Waals surface area (Å²) >= 11 is 0. The molecule has 0 bridgehead atoms. The predicted octanol–water partition coefficient (Wildman–Crippen LogP) is 6.73. The van der Waals surface area contributed by atoms with Crippen LogP contribution in [-0.2, 0) is 9.59 Å². The molecule has 3 heterocycles. The summed E-state index contributed by atoms with van der Waals surface area (Å²) in [6, 6.07) is 20.8. The highest BCUT2D eigenvalue weighted by molar-refractivity contribution is 6.16. The molecule has 9 nitrogen and oxygen atoms in total. The summed E-state index contributed by atoms with van der Waals surface area (Å²) in [7, 11) is 0. The Hall–Kier alpha value is -4.80. The number of pyridine rings is 1. The van der Waals surface area contributed by atoms with Crippen LogP contribution in [0.15, 0.2) is 91.4 Å². The van der Waals surface area contributed by atoms with Crippen LogP contribution in [0, 0.1) is 11.2 Å². The van der Waals surface area contributed by atoms with E-state index in [0.717, 1.165) is 48.0 Å². The number of hydrogen-bond acceptors (Lipinski definition) is 6. The van der Waals surface area contributed by atoms with Gasteiger partial charge in [0.2, 0.25) is 11.8 Å². The van der Waals surface area contributed by atoms with E-state index in [1.54, 1.807) is 30.5 Å². The number of piperidine rings is 1. The van der Waals surface area contributed by atoms with Crippen LogP contribution in [-0.4, -0.2) is 39.7 Å². The van der Waals surface area contributed by atoms with E-state index in [2.05, 4.69) is 43.0 Å². The molecule has 2 fully saturated rings. The number of carbonyl (C=O) groups is 2. The summed E-state index contributed by atoms with van der Waals surface area (Å²) in [6.07, 6.45) is 8.79. The Bertz CT molecular complexity index is 1830. The molecule has 0 unspecified atom stereocenters. The molecule has 11 heteroatoms. The number of aromatic nitrogens is 3. The molecule has 1 aliphatic heterocycles. The number of benzene rings is 3. The lowest BCUT2D eigenvalue weighted by Gasteiger charge is -2.22. The van der Waals surface area contributed by atoms with Gasteiger partial charge in [-0.1, -0.05) is 6.07 Å². The van der Waals surface area contributed by atoms with Crippen LogP contribution in [0.1, 0.15) is 31.7 Å². The van der Waals surface area contributed by atoms with Crippen LogP contribution < -0.4 is 20.7 Å². The number of amides is 2. The summed E-state index contributed by atoms with van der Waals surface area (Å²) in [4.78, 5) is 30.5. The second-order valence-electron chi connectivity index (χ2n) is 11.4. The van der Waals surface area contributed by atoms with E-state index in [9.17, 15) is 14.0 Å². The molecule has 45 heavy (non-hydrogen) atoms. The highest BCUT2D eigenvalue weighted by Gasteiger charge is 2.56. The molecule has 2 aliphatic rings. The first-order valence-corrected chi connectivity index (χ1v) is 14.8. The number of ether oxygens (including phenoxy) is 1. The first-order valence-electron chi connectivity index (χ1n) is 14.8. The smallest absolute Gasteiger partial charge is 0.240 e. The molecular formula is C34H32ClFN6O3. The average Bonchev–Trinajstić information content (AvgIpc) is 3.73. The Labute approximate surface area is 265 Å². The molecule has 1 aliphatic carbocycles. The van der Waals surface area contributed by atoms with E-state index in [4.69, 9.17) is 4.74 Å². The Morgan fingerprint density at radius 1 is 0.889 bits per heavy atom. The second-order valence-corrected chi connectivity index (χ2v) is 11.4. The van der Waals surface area contributed by atoms with Crippen molar-refractivity contribution in [1.29, 1.82) is 0 Å². The molecule has 5 aromatic rings. The zero-order valence-corrected chi connectivity index (χ0v) is 25.1. The predicted molar refractivity (Wildman–Crippen MR) is 173 cm³/mol. The summed E-state index contributed by atoms with van der Waals surface area (Å²) in [6.45, 7) is 2.03. The minimum Gasteiger partial charge on any atom is -0.457 e. The Kier molecular flexibility index (Phi) is 8.51. The molecule has 0 spiro atoms. The fourth-order valence-electron chi connectivity index (χ4n) is 5.60. The van der Waals surface area contributed by atoms with Gasteiger partial charge in [0.15, 0.2) is 0 Å². The van der Waals surface area contributed by atoms with Gasteiger partial charge in [-0.05, 0) is 111 Å². The number of fused-ring (bicyclic) bond motifs is 1. The van der Waals surface area contributed by atoms with Crippen molar-refractivity contribution >= 4 is 46.5 Å². The molecule has 2 amide bonds. The van der Waals surface area contributed by atoms with Gasteiger partial charge in [-0.15, -0.1) is 12.4 Å². The molecule has 1 saturated heterocycles. The number of carbonyl (C=O) groups excluding carboxylic acids is 2. The van der Waals surface area contributed by atoms with Crippen molar-refractivity contribution in [3.05, 3.63) is 97.2 Å². The van der Waals surface area contributed by atoms with Crippen LogP contribution in [0.3, 0.4) is 0 Å². The van der Waals surface area contributed by atoms with Crippen molar-refractivity contribution in [2.75, 3.05) is 23.7 Å². The lowest BCUT2D eigenvalue weighted by atomic mass is 10.0. The maximum atomic E-state index is 13.2. The van der Waals surface area contributed by atoms with E-state index < -0.39 is 17.1 Å². The number of nitrogens with zero attached hydrogens (tertiary/aromatic N) is 3. The second kappa shape index (κ2) is 12.7. The summed E-state index contributed by atoms with van der Waals surface area (Å²) in [5, 5.41) is 14.5. The number of halogens is 2. The van der Waals surface area contributed by atoms with E-state index in [1.807, 2.05) is 24.4 Å². The maximum absolute atomic E-state index is 13.2. The fraction of sp³-hybridized carbons (Fsp3) is 0.235. The van der Waals surface area contributed by atoms with E-state index in [-0.39, 0.29) is 18.3 Å². The van der Waals surface area contributed by atoms with Crippen molar-refractivity contribution in [2.45, 2.75) is 31.7 Å². The Morgan fingerprint density at radius 2 is 1.56 bits per heavy atom. The largest absolute Gasteiger partial charge is 0.457 e. The lowest BCUT2D eigenvalue weighted by Crippen LogP contribution is -2.35. The van der Waals surface area contributed by atoms with Crippen molar-refractivity contribution in [3.8, 4) is 22.6 Å². The maximum Gasteiger partial charge on any atom is 0.240 e. The van der Waals surface area contributed by atoms with Crippen LogP contribution in [0.2, 0.25) is 0 Å². The molecule has 0 atom stereocenters. The zero-order valence-electron chi connectivity index (χ0n) is 24.3. The molecule has 0 radical (unpaired) electrons. The molecule has 3 aromatic carbocycles. The van der Waals surface area contributed by atoms with Crippen molar-refractivity contribution in [1.82, 2.24) is 20.1 Å². The monoisotopic (exact) mass is 626 g/mol. The topological polar surface area (TPSA) is 110 Å². The van der Waals surface area contributed by atoms with Gasteiger partial charge in [-0.25, -0.2) is 4.39 Å². The zero-order chi connectivity index (χ0) is 30.1. The summed E-state index contributed by atoms with van der Waals surface area (Å²) in [5.41, 5.74) is 2.77. The third kappa shape index (κ3) is 6.38. The first-order chi connectivity index (χ1) is 21.5. The van der Waals surface area contributed by atoms with Gasteiger partial charge in [0.25, 0.3) is 0 Å². The first kappa shape index (κ1) is 30.2. The summed E-state index contributed by atoms with van der Waals surface area (Å²) < 4.78 is 21.5. The Morgan fingerprint density at radius 3 is 2.22 bits per heavy atom. The third-order valence-corrected chi connectivity index (χ3v) is 8.38. The highest BCUT2D eigenvalue weighted by Crippen LogP contribution is 2.47. The van der Waals surface area contributed by atoms with E-state index in [1.165, 1.54) is 24.3 Å². The minimum absolute atomic E-state index is 0. The molecule has 3 N–H and O–H groups in total. The molecule has 230 valence electrons. The number of rotatable bonds is 8. The average molecular weight is 627 g/mol. The molecular weight excluding hydrogens is 595 g/mol. The molecule has 7 rings (SSSR count). The number of hydrogen-bond donors (Lipinski definition) is 3. The summed E-state index contributed by atoms with van der Waals surface area (Å²) in [5.74, 6) is 0.0941. The number of anilines is 2. The van der Waals surface area contributed by atoms with Crippen molar-refractivity contribution < 1.29 is 18.7 Å². The minimum atomic E-state index is -1.13. The fourth-order valence-corrected chi connectivity index (χ4v) is 5.60. The standard InChI is InChI=1S/C34H31FN6O3.ClH/c35-24-2-4-25(5-3-24)39-32(42)34(14-15-34)33(43)40-26-6-8-28(9-7-26)44-31-13-18-37-30-19-22(1-10-29(30)31)23-20-38-41(21-23)27-11-16-36-17-12-27;/h1-10,13,18-21,27,36H,11-12,14-17H2,(H,39,42)(H,40,43);1H. The van der Waals surface area contributed by atoms with Crippen LogP contribution in [0.5, 0.6) is 11.5 Å². The number of nitrogens with one attached hydrogen (secondary N) is 3. The van der Waals surface area contributed by atoms with Crippen LogP contribution in [0.25, 0.3) is 22.0 Å². The van der Waals surface area contributed by atoms with Crippen LogP contribution in [0.4, 0.5) is 15.8 Å². The quantitative estimate of drug-likeness (QED) is 0.165. The van der Waals surface area contributed by atoms with Gasteiger partial charge in [-0.2, -0.15) is 5.10 Å². The van der Waals surface area contributed by atoms with Crippen LogP contribution >= 0.6 is 12.4 Å². The molecule has 2 aromatic heterocycles. The SMILES string of the molecule is Cl.O=C(Nc1ccc(F)cc1)C1(C(=O)Nc2ccc(Oc3ccnc4cc(-c5cnn(C6CCNCC6)c5)ccc34)cc2)CC1. The Balaban J connectivity index is 0.00000357. The normalized spacial score (nSPS) is 15.6. The van der Waals surface area contributed by atoms with Gasteiger partial charge < -0.3 is 20.7 Å². The van der Waals surface area contributed by atoms with Gasteiger partial charge >= 0.3 is 0 Å². The van der Waals surface area contributed by atoms with E-state index in [0.29, 0.717) is 41.8 Å². The lowest BCUT2D eigenvalue weighted by molar-refractivity contribution is -0.131. The third-order valence-electron chi connectivity index (χ3n) is 8.38. The van der Waals surface area contributed by atoms with Crippen molar-refractivity contribution in [2.24, 2.45) is 5.41 Å². The van der Waals surface area contributed by atoms with Gasteiger partial charge in [0.05, 0.1) is 17.8 Å². The van der Waals surface area contributed by atoms with E-state index >= 15 is 0 Å². The van der Waals surface area contributed by atoms with Gasteiger partial charge in [0.1, 0.15) is 22.7 Å². The molecule has 1 saturated carbocycles. The van der Waals surface area contributed by atoms with Gasteiger partial charge in [0, 0.05) is 34.7 Å². The van der Waals surface area contributed by atoms with Gasteiger partial charge in [-0.3, -0.25) is 19.3 Å².